The summed E-state index contributed by atoms with van der Waals surface area (Å²) in [5.74, 6) is 0. The van der Waals surface area contributed by atoms with Gasteiger partial charge in [-0.3, -0.25) is 9.78 Å². The summed E-state index contributed by atoms with van der Waals surface area (Å²) < 4.78 is 0. The Labute approximate surface area is 95.0 Å². The number of nitrogens with zero attached hydrogens (tertiary/aromatic N) is 1. The van der Waals surface area contributed by atoms with Crippen molar-refractivity contribution in [3.05, 3.63) is 53.2 Å². The number of carbonyl (C=O) groups excluding carboxylic acids is 1. The van der Waals surface area contributed by atoms with Crippen LogP contribution < -0.4 is 0 Å². The molecule has 0 aliphatic heterocycles. The average Bonchev–Trinajstić information content (AvgIpc) is 2.29. The quantitative estimate of drug-likeness (QED) is 0.714. The molecule has 0 spiro atoms. The fourth-order valence-corrected chi connectivity index (χ4v) is 1.77. The van der Waals surface area contributed by atoms with Crippen LogP contribution in [0.2, 0.25) is 0 Å². The zero-order valence-corrected chi connectivity index (χ0v) is 9.40. The Hall–Kier alpha value is -1.96. The van der Waals surface area contributed by atoms with E-state index in [1.54, 1.807) is 12.3 Å². The van der Waals surface area contributed by atoms with Crippen LogP contribution in [0, 0.1) is 13.8 Å². The van der Waals surface area contributed by atoms with E-state index in [0.717, 1.165) is 17.5 Å². The van der Waals surface area contributed by atoms with Crippen LogP contribution in [0.3, 0.4) is 0 Å². The van der Waals surface area contributed by atoms with Gasteiger partial charge < -0.3 is 0 Å². The number of rotatable bonds is 2. The Morgan fingerprint density at radius 1 is 1.12 bits per heavy atom. The summed E-state index contributed by atoms with van der Waals surface area (Å²) in [7, 11) is 0. The van der Waals surface area contributed by atoms with E-state index in [0.29, 0.717) is 5.56 Å². The first-order chi connectivity index (χ1) is 7.70. The highest BCUT2D eigenvalue weighted by atomic mass is 16.1. The highest BCUT2D eigenvalue weighted by molar-refractivity contribution is 5.78. The molecule has 0 radical (unpaired) electrons. The first-order valence-electron chi connectivity index (χ1n) is 5.19. The Balaban J connectivity index is 2.53. The lowest BCUT2D eigenvalue weighted by atomic mass is 10.0. The molecule has 0 aliphatic carbocycles. The minimum absolute atomic E-state index is 0.657. The fourth-order valence-electron chi connectivity index (χ4n) is 1.77. The van der Waals surface area contributed by atoms with Crippen molar-refractivity contribution in [2.75, 3.05) is 0 Å². The zero-order chi connectivity index (χ0) is 11.5. The van der Waals surface area contributed by atoms with Crippen LogP contribution in [-0.2, 0) is 0 Å². The topological polar surface area (TPSA) is 30.0 Å². The second-order valence-electron chi connectivity index (χ2n) is 3.91. The molecule has 16 heavy (non-hydrogen) atoms. The molecule has 2 heteroatoms. The van der Waals surface area contributed by atoms with Gasteiger partial charge in [-0.25, -0.2) is 0 Å². The fraction of sp³-hybridized carbons (Fsp3) is 0.143. The van der Waals surface area contributed by atoms with Gasteiger partial charge in [0.25, 0.3) is 0 Å². The third kappa shape index (κ3) is 2.01. The minimum Gasteiger partial charge on any atom is -0.298 e. The van der Waals surface area contributed by atoms with E-state index in [9.17, 15) is 4.79 Å². The molecule has 0 unspecified atom stereocenters. The number of carbonyl (C=O) groups is 1. The summed E-state index contributed by atoms with van der Waals surface area (Å²) in [5, 5.41) is 0. The molecule has 0 saturated carbocycles. The van der Waals surface area contributed by atoms with Crippen LogP contribution in [0.5, 0.6) is 0 Å². The molecule has 80 valence electrons. The number of aromatic nitrogens is 1. The van der Waals surface area contributed by atoms with Crippen molar-refractivity contribution in [1.82, 2.24) is 4.98 Å². The van der Waals surface area contributed by atoms with E-state index < -0.39 is 0 Å². The maximum atomic E-state index is 10.7. The van der Waals surface area contributed by atoms with Crippen LogP contribution in [0.15, 0.2) is 36.5 Å². The third-order valence-corrected chi connectivity index (χ3v) is 2.58. The molecule has 2 nitrogen and oxygen atoms in total. The largest absolute Gasteiger partial charge is 0.298 e. The predicted octanol–water partition coefficient (Wildman–Crippen LogP) is 3.18. The number of hydrogen-bond acceptors (Lipinski definition) is 2. The van der Waals surface area contributed by atoms with Crippen molar-refractivity contribution in [2.24, 2.45) is 0 Å². The molecule has 0 amide bonds. The first kappa shape index (κ1) is 10.6. The summed E-state index contributed by atoms with van der Waals surface area (Å²) in [6.07, 6.45) is 2.51. The summed E-state index contributed by atoms with van der Waals surface area (Å²) >= 11 is 0. The SMILES string of the molecule is Cc1ccc(-c2cc(C=O)ccn2)c(C)c1. The van der Waals surface area contributed by atoms with Gasteiger partial charge in [-0.1, -0.05) is 23.8 Å². The summed E-state index contributed by atoms with van der Waals surface area (Å²) in [6, 6.07) is 9.73. The summed E-state index contributed by atoms with van der Waals surface area (Å²) in [6.45, 7) is 4.11. The average molecular weight is 211 g/mol. The van der Waals surface area contributed by atoms with Gasteiger partial charge in [-0.05, 0) is 31.5 Å². The van der Waals surface area contributed by atoms with Crippen molar-refractivity contribution in [3.8, 4) is 11.3 Å². The zero-order valence-electron chi connectivity index (χ0n) is 9.40. The van der Waals surface area contributed by atoms with Crippen molar-refractivity contribution in [2.45, 2.75) is 13.8 Å². The second kappa shape index (κ2) is 4.27. The highest BCUT2D eigenvalue weighted by Crippen LogP contribution is 2.22. The Kier molecular flexibility index (Phi) is 2.82. The van der Waals surface area contributed by atoms with Crippen LogP contribution in [-0.4, -0.2) is 11.3 Å². The lowest BCUT2D eigenvalue weighted by Crippen LogP contribution is -1.90. The molecular formula is C14H13NO. The maximum absolute atomic E-state index is 10.7. The van der Waals surface area contributed by atoms with E-state index in [1.807, 2.05) is 12.1 Å². The number of hydrogen-bond donors (Lipinski definition) is 0. The first-order valence-corrected chi connectivity index (χ1v) is 5.19. The van der Waals surface area contributed by atoms with Gasteiger partial charge in [-0.15, -0.1) is 0 Å². The molecular weight excluding hydrogens is 198 g/mol. The van der Waals surface area contributed by atoms with Gasteiger partial charge in [0.1, 0.15) is 6.29 Å². The summed E-state index contributed by atoms with van der Waals surface area (Å²) in [5.41, 5.74) is 4.99. The van der Waals surface area contributed by atoms with Gasteiger partial charge in [0.2, 0.25) is 0 Å². The monoisotopic (exact) mass is 211 g/mol. The molecule has 1 heterocycles. The number of aldehydes is 1. The lowest BCUT2D eigenvalue weighted by molar-refractivity contribution is 0.112. The number of benzene rings is 1. The van der Waals surface area contributed by atoms with Crippen LogP contribution in [0.1, 0.15) is 21.5 Å². The van der Waals surface area contributed by atoms with Crippen molar-refractivity contribution < 1.29 is 4.79 Å². The van der Waals surface area contributed by atoms with Crippen molar-refractivity contribution >= 4 is 6.29 Å². The second-order valence-corrected chi connectivity index (χ2v) is 3.91. The van der Waals surface area contributed by atoms with Crippen LogP contribution >= 0.6 is 0 Å². The van der Waals surface area contributed by atoms with Gasteiger partial charge in [0, 0.05) is 17.3 Å². The van der Waals surface area contributed by atoms with Crippen LogP contribution in [0.4, 0.5) is 0 Å². The van der Waals surface area contributed by atoms with Crippen molar-refractivity contribution in [3.63, 3.8) is 0 Å². The van der Waals surface area contributed by atoms with Gasteiger partial charge in [0.15, 0.2) is 0 Å². The molecule has 0 fully saturated rings. The Morgan fingerprint density at radius 3 is 2.62 bits per heavy atom. The smallest absolute Gasteiger partial charge is 0.150 e. The number of pyridine rings is 1. The Bertz CT molecular complexity index is 532. The summed E-state index contributed by atoms with van der Waals surface area (Å²) in [4.78, 5) is 15.0. The van der Waals surface area contributed by atoms with E-state index >= 15 is 0 Å². The van der Waals surface area contributed by atoms with E-state index in [-0.39, 0.29) is 0 Å². The normalized spacial score (nSPS) is 10.1. The molecule has 0 saturated heterocycles. The predicted molar refractivity (Wildman–Crippen MR) is 64.5 cm³/mol. The minimum atomic E-state index is 0.657. The van der Waals surface area contributed by atoms with Gasteiger partial charge in [0.05, 0.1) is 5.69 Å². The Morgan fingerprint density at radius 2 is 1.94 bits per heavy atom. The van der Waals surface area contributed by atoms with E-state index in [1.165, 1.54) is 11.1 Å². The molecule has 0 aliphatic rings. The molecule has 0 bridgehead atoms. The van der Waals surface area contributed by atoms with E-state index in [4.69, 9.17) is 0 Å². The maximum Gasteiger partial charge on any atom is 0.150 e. The van der Waals surface area contributed by atoms with Crippen molar-refractivity contribution in [1.29, 1.82) is 0 Å². The van der Waals surface area contributed by atoms with Gasteiger partial charge in [-0.2, -0.15) is 0 Å². The molecule has 1 aromatic heterocycles. The molecule has 0 atom stereocenters. The van der Waals surface area contributed by atoms with Crippen LogP contribution in [0.25, 0.3) is 11.3 Å². The molecule has 2 aromatic rings. The molecule has 1 aromatic carbocycles. The molecule has 2 rings (SSSR count). The third-order valence-electron chi connectivity index (χ3n) is 2.58. The number of aryl methyl sites for hydroxylation is 2. The van der Waals surface area contributed by atoms with E-state index in [2.05, 4.69) is 31.0 Å². The molecule has 0 N–H and O–H groups in total. The standard InChI is InChI=1S/C14H13NO/c1-10-3-4-13(11(2)7-10)14-8-12(9-16)5-6-15-14/h3-9H,1-2H3. The highest BCUT2D eigenvalue weighted by Gasteiger charge is 2.03. The van der Waals surface area contributed by atoms with Gasteiger partial charge >= 0.3 is 0 Å². The lowest BCUT2D eigenvalue weighted by Gasteiger charge is -2.06.